The molecule has 1 aliphatic rings. The fourth-order valence-electron chi connectivity index (χ4n) is 3.30. The van der Waals surface area contributed by atoms with Gasteiger partial charge in [-0.2, -0.15) is 18.3 Å². The topological polar surface area (TPSA) is 76.4 Å². The average molecular weight is 556 g/mol. The molecule has 1 unspecified atom stereocenters. The van der Waals surface area contributed by atoms with Gasteiger partial charge in [-0.3, -0.25) is 0 Å². The van der Waals surface area contributed by atoms with E-state index in [-0.39, 0.29) is 42.1 Å². The van der Waals surface area contributed by atoms with Crippen LogP contribution in [0.2, 0.25) is 0 Å². The maximum Gasteiger partial charge on any atom is 0.416 e. The summed E-state index contributed by atoms with van der Waals surface area (Å²) in [7, 11) is 1.58. The first-order chi connectivity index (χ1) is 14.3. The van der Waals surface area contributed by atoms with E-state index in [1.165, 1.54) is 0 Å². The summed E-state index contributed by atoms with van der Waals surface area (Å²) in [5.41, 5.74) is -1.11. The monoisotopic (exact) mass is 556 g/mol. The van der Waals surface area contributed by atoms with Crippen molar-refractivity contribution < 1.29 is 22.3 Å². The van der Waals surface area contributed by atoms with Crippen molar-refractivity contribution >= 4 is 29.9 Å². The number of methoxy groups -OCH3 is 1. The Morgan fingerprint density at radius 1 is 1.35 bits per heavy atom. The minimum absolute atomic E-state index is 0. The van der Waals surface area contributed by atoms with Crippen molar-refractivity contribution in [1.82, 2.24) is 25.4 Å². The SMILES string of the molecule is CCNC(=NCc1ccc(F)cc1C(F)(F)F)NC1CCc2nc(COC)nn2C1.I. The quantitative estimate of drug-likeness (QED) is 0.248. The van der Waals surface area contributed by atoms with Gasteiger partial charge in [0.1, 0.15) is 18.2 Å². The fraction of sp³-hybridized carbons (Fsp3) is 0.526. The molecule has 2 heterocycles. The van der Waals surface area contributed by atoms with Crippen LogP contribution in [-0.4, -0.2) is 40.4 Å². The lowest BCUT2D eigenvalue weighted by Gasteiger charge is -2.25. The van der Waals surface area contributed by atoms with Gasteiger partial charge in [0.2, 0.25) is 0 Å². The number of aliphatic imine (C=N–C) groups is 1. The van der Waals surface area contributed by atoms with E-state index in [4.69, 9.17) is 4.74 Å². The number of fused-ring (bicyclic) bond motifs is 1. The van der Waals surface area contributed by atoms with Crippen LogP contribution in [0.25, 0.3) is 0 Å². The van der Waals surface area contributed by atoms with E-state index < -0.39 is 17.6 Å². The van der Waals surface area contributed by atoms with E-state index in [9.17, 15) is 17.6 Å². The second kappa shape index (κ2) is 11.1. The van der Waals surface area contributed by atoms with Gasteiger partial charge in [-0.1, -0.05) is 6.07 Å². The van der Waals surface area contributed by atoms with Crippen LogP contribution < -0.4 is 10.6 Å². The Morgan fingerprint density at radius 2 is 2.13 bits per heavy atom. The lowest BCUT2D eigenvalue weighted by molar-refractivity contribution is -0.138. The van der Waals surface area contributed by atoms with E-state index in [0.717, 1.165) is 24.4 Å². The predicted molar refractivity (Wildman–Crippen MR) is 118 cm³/mol. The van der Waals surface area contributed by atoms with Gasteiger partial charge < -0.3 is 15.4 Å². The molecule has 2 aromatic rings. The molecule has 0 saturated carbocycles. The molecule has 2 N–H and O–H groups in total. The molecule has 31 heavy (non-hydrogen) atoms. The molecule has 0 aliphatic carbocycles. The van der Waals surface area contributed by atoms with E-state index in [2.05, 4.69) is 25.7 Å². The van der Waals surface area contributed by atoms with Crippen LogP contribution in [0.5, 0.6) is 0 Å². The third-order valence-corrected chi connectivity index (χ3v) is 4.65. The summed E-state index contributed by atoms with van der Waals surface area (Å²) in [5.74, 6) is 0.951. The van der Waals surface area contributed by atoms with Gasteiger partial charge in [0.15, 0.2) is 11.8 Å². The molecule has 0 bridgehead atoms. The highest BCUT2D eigenvalue weighted by atomic mass is 127. The molecule has 0 fully saturated rings. The maximum atomic E-state index is 13.3. The number of benzene rings is 1. The first-order valence-corrected chi connectivity index (χ1v) is 9.62. The van der Waals surface area contributed by atoms with E-state index in [0.29, 0.717) is 44.0 Å². The molecule has 12 heteroatoms. The number of aryl methyl sites for hydroxylation is 1. The Morgan fingerprint density at radius 3 is 2.81 bits per heavy atom. The molecule has 1 atom stereocenters. The predicted octanol–water partition coefficient (Wildman–Crippen LogP) is 3.27. The van der Waals surface area contributed by atoms with Crippen LogP contribution in [0, 0.1) is 5.82 Å². The average Bonchev–Trinajstić information content (AvgIpc) is 3.08. The second-order valence-electron chi connectivity index (χ2n) is 6.93. The Bertz CT molecular complexity index is 902. The highest BCUT2D eigenvalue weighted by Gasteiger charge is 2.33. The van der Waals surface area contributed by atoms with E-state index in [1.807, 2.05) is 6.92 Å². The first kappa shape index (κ1) is 25.3. The van der Waals surface area contributed by atoms with Crippen LogP contribution in [-0.2, 0) is 37.0 Å². The lowest BCUT2D eigenvalue weighted by Crippen LogP contribution is -2.47. The molecule has 7 nitrogen and oxygen atoms in total. The number of nitrogens with zero attached hydrogens (tertiary/aromatic N) is 4. The summed E-state index contributed by atoms with van der Waals surface area (Å²) in [6.45, 7) is 3.07. The molecule has 0 amide bonds. The minimum Gasteiger partial charge on any atom is -0.377 e. The number of nitrogens with one attached hydrogen (secondary N) is 2. The molecule has 0 spiro atoms. The van der Waals surface area contributed by atoms with Crippen LogP contribution in [0.4, 0.5) is 17.6 Å². The summed E-state index contributed by atoms with van der Waals surface area (Å²) < 4.78 is 59.8. The van der Waals surface area contributed by atoms with Crippen LogP contribution >= 0.6 is 24.0 Å². The maximum absolute atomic E-state index is 13.3. The van der Waals surface area contributed by atoms with Crippen LogP contribution in [0.15, 0.2) is 23.2 Å². The molecule has 0 radical (unpaired) electrons. The molecular formula is C19H25F4IN6O. The number of halogens is 5. The van der Waals surface area contributed by atoms with E-state index >= 15 is 0 Å². The van der Waals surface area contributed by atoms with Gasteiger partial charge in [-0.25, -0.2) is 19.0 Å². The molecule has 1 aromatic heterocycles. The zero-order valence-corrected chi connectivity index (χ0v) is 19.5. The van der Waals surface area contributed by atoms with Crippen LogP contribution in [0.1, 0.15) is 36.1 Å². The Balaban J connectivity index is 0.00000341. The second-order valence-corrected chi connectivity index (χ2v) is 6.93. The Hall–Kier alpha value is -1.96. The van der Waals surface area contributed by atoms with Crippen molar-refractivity contribution in [2.75, 3.05) is 13.7 Å². The third-order valence-electron chi connectivity index (χ3n) is 4.65. The molecule has 1 aliphatic heterocycles. The standard InChI is InChI=1S/C19H24F4N6O.HI/c1-3-24-18(25-9-12-4-5-13(20)8-15(12)19(21,22)23)26-14-6-7-17-27-16(11-30-2)28-29(17)10-14;/h4-5,8,14H,3,6-7,9-11H2,1-2H3,(H2,24,25,26);1H. The lowest BCUT2D eigenvalue weighted by atomic mass is 10.1. The zero-order valence-electron chi connectivity index (χ0n) is 17.2. The highest BCUT2D eigenvalue weighted by Crippen LogP contribution is 2.32. The zero-order chi connectivity index (χ0) is 21.7. The minimum atomic E-state index is -4.65. The summed E-state index contributed by atoms with van der Waals surface area (Å²) in [4.78, 5) is 8.70. The Labute approximate surface area is 194 Å². The van der Waals surface area contributed by atoms with Crippen molar-refractivity contribution in [2.45, 2.75) is 51.7 Å². The van der Waals surface area contributed by atoms with Gasteiger partial charge in [0.05, 0.1) is 18.7 Å². The van der Waals surface area contributed by atoms with Crippen molar-refractivity contribution in [3.8, 4) is 0 Å². The summed E-state index contributed by atoms with van der Waals surface area (Å²) in [5, 5.41) is 10.7. The van der Waals surface area contributed by atoms with E-state index in [1.54, 1.807) is 11.8 Å². The van der Waals surface area contributed by atoms with Crippen molar-refractivity contribution in [3.05, 3.63) is 46.8 Å². The molecule has 1 aromatic carbocycles. The molecule has 172 valence electrons. The number of alkyl halides is 3. The largest absolute Gasteiger partial charge is 0.416 e. The third kappa shape index (κ3) is 6.76. The molecular weight excluding hydrogens is 531 g/mol. The number of hydrogen-bond donors (Lipinski definition) is 2. The van der Waals surface area contributed by atoms with Gasteiger partial charge in [0.25, 0.3) is 0 Å². The van der Waals surface area contributed by atoms with Crippen molar-refractivity contribution in [2.24, 2.45) is 4.99 Å². The summed E-state index contributed by atoms with van der Waals surface area (Å²) in [6, 6.07) is 2.61. The summed E-state index contributed by atoms with van der Waals surface area (Å²) >= 11 is 0. The normalized spacial score (nSPS) is 16.5. The molecule has 0 saturated heterocycles. The molecule has 3 rings (SSSR count). The number of hydrogen-bond acceptors (Lipinski definition) is 4. The summed E-state index contributed by atoms with van der Waals surface area (Å²) in [6.07, 6.45) is -3.16. The van der Waals surface area contributed by atoms with Gasteiger partial charge in [-0.05, 0) is 31.0 Å². The Kier molecular flexibility index (Phi) is 9.03. The van der Waals surface area contributed by atoms with Gasteiger partial charge >= 0.3 is 6.18 Å². The number of guanidine groups is 1. The highest BCUT2D eigenvalue weighted by molar-refractivity contribution is 14.0. The van der Waals surface area contributed by atoms with Gasteiger partial charge in [-0.15, -0.1) is 24.0 Å². The first-order valence-electron chi connectivity index (χ1n) is 9.62. The number of rotatable bonds is 6. The van der Waals surface area contributed by atoms with Crippen LogP contribution in [0.3, 0.4) is 0 Å². The van der Waals surface area contributed by atoms with Gasteiger partial charge in [0, 0.05) is 26.1 Å². The smallest absolute Gasteiger partial charge is 0.377 e. The van der Waals surface area contributed by atoms with Crippen molar-refractivity contribution in [1.29, 1.82) is 0 Å². The number of ether oxygens (including phenoxy) is 1. The number of aromatic nitrogens is 3. The van der Waals surface area contributed by atoms with Crippen molar-refractivity contribution in [3.63, 3.8) is 0 Å². The fourth-order valence-corrected chi connectivity index (χ4v) is 3.30.